The van der Waals surface area contributed by atoms with Crippen LogP contribution in [-0.2, 0) is 9.59 Å². The molecule has 5 nitrogen and oxygen atoms in total. The summed E-state index contributed by atoms with van der Waals surface area (Å²) in [5.41, 5.74) is 0. The molecule has 1 aliphatic heterocycles. The molecule has 2 fully saturated rings. The summed E-state index contributed by atoms with van der Waals surface area (Å²) in [5, 5.41) is 11.7. The number of carbonyl (C=O) groups excluding carboxylic acids is 1. The maximum absolute atomic E-state index is 11.5. The minimum atomic E-state index is -0.783. The zero-order chi connectivity index (χ0) is 13.0. The molecule has 0 aromatic rings. The largest absolute Gasteiger partial charge is 0.481 e. The van der Waals surface area contributed by atoms with E-state index in [1.165, 1.54) is 25.7 Å². The van der Waals surface area contributed by atoms with Crippen LogP contribution >= 0.6 is 0 Å². The van der Waals surface area contributed by atoms with Gasteiger partial charge in [0, 0.05) is 18.6 Å². The maximum atomic E-state index is 11.5. The molecule has 1 heterocycles. The molecule has 2 N–H and O–H groups in total. The molecule has 1 unspecified atom stereocenters. The quantitative estimate of drug-likeness (QED) is 0.737. The first-order valence-corrected chi connectivity index (χ1v) is 6.91. The molecule has 2 aliphatic rings. The Morgan fingerprint density at radius 1 is 1.28 bits per heavy atom. The van der Waals surface area contributed by atoms with Crippen molar-refractivity contribution in [2.24, 2.45) is 0 Å². The molecular formula is C13H22N2O3. The van der Waals surface area contributed by atoms with Gasteiger partial charge in [0.25, 0.3) is 0 Å². The van der Waals surface area contributed by atoms with Gasteiger partial charge < -0.3 is 10.4 Å². The van der Waals surface area contributed by atoms with Crippen LogP contribution in [-0.4, -0.2) is 47.1 Å². The molecular weight excluding hydrogens is 232 g/mol. The van der Waals surface area contributed by atoms with E-state index in [2.05, 4.69) is 10.2 Å². The van der Waals surface area contributed by atoms with Crippen molar-refractivity contribution < 1.29 is 14.7 Å². The Balaban J connectivity index is 2.03. The fourth-order valence-electron chi connectivity index (χ4n) is 3.11. The highest BCUT2D eigenvalue weighted by Crippen LogP contribution is 2.25. The van der Waals surface area contributed by atoms with Crippen LogP contribution in [0, 0.1) is 0 Å². The highest BCUT2D eigenvalue weighted by Gasteiger charge is 2.33. The Morgan fingerprint density at radius 2 is 1.94 bits per heavy atom. The molecule has 0 aromatic carbocycles. The fraction of sp³-hybridized carbons (Fsp3) is 0.846. The van der Waals surface area contributed by atoms with E-state index in [0.717, 1.165) is 12.8 Å². The van der Waals surface area contributed by atoms with Crippen LogP contribution < -0.4 is 5.32 Å². The summed E-state index contributed by atoms with van der Waals surface area (Å²) >= 11 is 0. The van der Waals surface area contributed by atoms with E-state index in [9.17, 15) is 9.59 Å². The number of hydrogen-bond acceptors (Lipinski definition) is 3. The van der Waals surface area contributed by atoms with Crippen LogP contribution in [0.1, 0.15) is 44.9 Å². The molecule has 2 rings (SSSR count). The topological polar surface area (TPSA) is 69.6 Å². The molecule has 5 heteroatoms. The van der Waals surface area contributed by atoms with Gasteiger partial charge in [0.15, 0.2) is 0 Å². The smallest absolute Gasteiger partial charge is 0.305 e. The van der Waals surface area contributed by atoms with Crippen molar-refractivity contribution >= 4 is 11.9 Å². The summed E-state index contributed by atoms with van der Waals surface area (Å²) in [7, 11) is 0. The van der Waals surface area contributed by atoms with Crippen LogP contribution in [0.3, 0.4) is 0 Å². The zero-order valence-corrected chi connectivity index (χ0v) is 10.7. The van der Waals surface area contributed by atoms with E-state index in [1.807, 2.05) is 0 Å². The van der Waals surface area contributed by atoms with Crippen LogP contribution in [0.2, 0.25) is 0 Å². The first-order chi connectivity index (χ1) is 8.66. The first-order valence-electron chi connectivity index (χ1n) is 6.91. The zero-order valence-electron chi connectivity index (χ0n) is 10.7. The van der Waals surface area contributed by atoms with Crippen LogP contribution in [0.5, 0.6) is 0 Å². The fourth-order valence-corrected chi connectivity index (χ4v) is 3.11. The van der Waals surface area contributed by atoms with E-state index in [0.29, 0.717) is 19.1 Å². The molecule has 1 saturated carbocycles. The van der Waals surface area contributed by atoms with E-state index >= 15 is 0 Å². The third-order valence-electron chi connectivity index (χ3n) is 4.03. The number of rotatable bonds is 3. The Kier molecular flexibility index (Phi) is 4.58. The number of carbonyl (C=O) groups is 2. The van der Waals surface area contributed by atoms with E-state index in [1.54, 1.807) is 0 Å². The first kappa shape index (κ1) is 13.3. The summed E-state index contributed by atoms with van der Waals surface area (Å²) in [6.07, 6.45) is 7.25. The summed E-state index contributed by atoms with van der Waals surface area (Å²) in [4.78, 5) is 24.6. The SMILES string of the molecule is O=C(O)CC1CNC(=O)CN1C1CCCCCC1. The van der Waals surface area contributed by atoms with Crippen molar-refractivity contribution in [2.45, 2.75) is 57.0 Å². The lowest BCUT2D eigenvalue weighted by Gasteiger charge is -2.40. The lowest BCUT2D eigenvalue weighted by atomic mass is 10.0. The number of nitrogens with one attached hydrogen (secondary N) is 1. The molecule has 1 atom stereocenters. The van der Waals surface area contributed by atoms with Gasteiger partial charge in [-0.15, -0.1) is 0 Å². The highest BCUT2D eigenvalue weighted by atomic mass is 16.4. The van der Waals surface area contributed by atoms with Gasteiger partial charge in [-0.05, 0) is 12.8 Å². The lowest BCUT2D eigenvalue weighted by Crippen LogP contribution is -2.58. The Hall–Kier alpha value is -1.10. The number of aliphatic carboxylic acids is 1. The second kappa shape index (κ2) is 6.18. The molecule has 102 valence electrons. The highest BCUT2D eigenvalue weighted by molar-refractivity contribution is 5.79. The van der Waals surface area contributed by atoms with Crippen molar-refractivity contribution in [3.8, 4) is 0 Å². The molecule has 1 amide bonds. The standard InChI is InChI=1S/C13H22N2O3/c16-12-9-15(10-5-3-1-2-4-6-10)11(8-14-12)7-13(17)18/h10-11H,1-9H2,(H,14,16)(H,17,18). The number of piperazine rings is 1. The third kappa shape index (κ3) is 3.45. The monoisotopic (exact) mass is 254 g/mol. The van der Waals surface area contributed by atoms with Crippen LogP contribution in [0.25, 0.3) is 0 Å². The Labute approximate surface area is 108 Å². The van der Waals surface area contributed by atoms with Gasteiger partial charge in [-0.1, -0.05) is 25.7 Å². The van der Waals surface area contributed by atoms with Gasteiger partial charge in [0.1, 0.15) is 0 Å². The number of carboxylic acids is 1. The minimum absolute atomic E-state index is 0.0286. The van der Waals surface area contributed by atoms with Crippen molar-refractivity contribution in [1.82, 2.24) is 10.2 Å². The summed E-state index contributed by atoms with van der Waals surface area (Å²) in [6.45, 7) is 0.838. The minimum Gasteiger partial charge on any atom is -0.481 e. The maximum Gasteiger partial charge on any atom is 0.305 e. The molecule has 1 saturated heterocycles. The van der Waals surface area contributed by atoms with E-state index < -0.39 is 5.97 Å². The van der Waals surface area contributed by atoms with Gasteiger partial charge in [-0.25, -0.2) is 0 Å². The number of nitrogens with zero attached hydrogens (tertiary/aromatic N) is 1. The number of amides is 1. The lowest BCUT2D eigenvalue weighted by molar-refractivity contribution is -0.141. The average Bonchev–Trinajstić information content (AvgIpc) is 2.59. The summed E-state index contributed by atoms with van der Waals surface area (Å²) in [6, 6.07) is 0.353. The number of carboxylic acid groups (broad SMARTS) is 1. The summed E-state index contributed by atoms with van der Waals surface area (Å²) < 4.78 is 0. The normalized spacial score (nSPS) is 27.6. The second-order valence-electron chi connectivity index (χ2n) is 5.37. The van der Waals surface area contributed by atoms with Gasteiger partial charge in [-0.2, -0.15) is 0 Å². The van der Waals surface area contributed by atoms with Crippen molar-refractivity contribution in [3.63, 3.8) is 0 Å². The third-order valence-corrected chi connectivity index (χ3v) is 4.03. The summed E-state index contributed by atoms with van der Waals surface area (Å²) in [5.74, 6) is -0.754. The Morgan fingerprint density at radius 3 is 2.56 bits per heavy atom. The van der Waals surface area contributed by atoms with Gasteiger partial charge in [-0.3, -0.25) is 14.5 Å². The van der Waals surface area contributed by atoms with Crippen LogP contribution in [0.15, 0.2) is 0 Å². The van der Waals surface area contributed by atoms with Gasteiger partial charge >= 0.3 is 5.97 Å². The van der Waals surface area contributed by atoms with Gasteiger partial charge in [0.2, 0.25) is 5.91 Å². The Bertz CT molecular complexity index is 311. The molecule has 0 spiro atoms. The van der Waals surface area contributed by atoms with Crippen LogP contribution in [0.4, 0.5) is 0 Å². The van der Waals surface area contributed by atoms with Gasteiger partial charge in [0.05, 0.1) is 13.0 Å². The molecule has 1 aliphatic carbocycles. The van der Waals surface area contributed by atoms with E-state index in [-0.39, 0.29) is 18.4 Å². The van der Waals surface area contributed by atoms with Crippen molar-refractivity contribution in [2.75, 3.05) is 13.1 Å². The molecule has 0 radical (unpaired) electrons. The average molecular weight is 254 g/mol. The molecule has 0 bridgehead atoms. The predicted molar refractivity (Wildman–Crippen MR) is 67.2 cm³/mol. The predicted octanol–water partition coefficient (Wildman–Crippen LogP) is 0.984. The van der Waals surface area contributed by atoms with Crippen molar-refractivity contribution in [1.29, 1.82) is 0 Å². The number of hydrogen-bond donors (Lipinski definition) is 2. The second-order valence-corrected chi connectivity index (χ2v) is 5.37. The molecule has 18 heavy (non-hydrogen) atoms. The van der Waals surface area contributed by atoms with Crippen molar-refractivity contribution in [3.05, 3.63) is 0 Å². The van der Waals surface area contributed by atoms with E-state index in [4.69, 9.17) is 5.11 Å². The molecule has 0 aromatic heterocycles.